The maximum atomic E-state index is 12.9. The van der Waals surface area contributed by atoms with Crippen LogP contribution in [0.3, 0.4) is 0 Å². The van der Waals surface area contributed by atoms with Gasteiger partial charge in [-0.25, -0.2) is 4.98 Å². The Morgan fingerprint density at radius 2 is 1.79 bits per heavy atom. The number of benzene rings is 4. The second-order valence-corrected chi connectivity index (χ2v) is 8.37. The largest absolute Gasteiger partial charge is 0.479 e. The average molecular weight is 477 g/mol. The smallest absolute Gasteiger partial charge is 0.265 e. The summed E-state index contributed by atoms with van der Waals surface area (Å²) in [6.45, 7) is 1.65. The van der Waals surface area contributed by atoms with Crippen LogP contribution in [-0.2, 0) is 4.79 Å². The molecule has 7 heteroatoms. The van der Waals surface area contributed by atoms with E-state index in [1.807, 2.05) is 54.6 Å². The van der Waals surface area contributed by atoms with Gasteiger partial charge in [-0.3, -0.25) is 4.79 Å². The molecule has 33 heavy (non-hydrogen) atoms. The quantitative estimate of drug-likeness (QED) is 0.287. The van der Waals surface area contributed by atoms with Crippen molar-refractivity contribution in [2.75, 3.05) is 5.32 Å². The highest BCUT2D eigenvalue weighted by Gasteiger charge is 2.20. The monoisotopic (exact) mass is 476 g/mol. The van der Waals surface area contributed by atoms with Gasteiger partial charge >= 0.3 is 0 Å². The van der Waals surface area contributed by atoms with Gasteiger partial charge in [0.15, 0.2) is 11.7 Å². The van der Waals surface area contributed by atoms with Crippen molar-refractivity contribution in [1.29, 1.82) is 0 Å². The van der Waals surface area contributed by atoms with Crippen molar-refractivity contribution in [1.82, 2.24) is 4.98 Å². The second kappa shape index (κ2) is 8.77. The van der Waals surface area contributed by atoms with Gasteiger partial charge in [-0.2, -0.15) is 0 Å². The summed E-state index contributed by atoms with van der Waals surface area (Å²) in [4.78, 5) is 17.5. The van der Waals surface area contributed by atoms with Crippen LogP contribution < -0.4 is 10.1 Å². The van der Waals surface area contributed by atoms with Crippen molar-refractivity contribution in [2.45, 2.75) is 13.0 Å². The van der Waals surface area contributed by atoms with Crippen LogP contribution in [-0.4, -0.2) is 17.0 Å². The molecule has 164 valence electrons. The summed E-state index contributed by atoms with van der Waals surface area (Å²) in [5.74, 6) is 0.462. The van der Waals surface area contributed by atoms with E-state index in [2.05, 4.69) is 10.3 Å². The number of carbonyl (C=O) groups excluding carboxylic acids is 1. The van der Waals surface area contributed by atoms with Crippen molar-refractivity contribution < 1.29 is 13.9 Å². The average Bonchev–Trinajstić information content (AvgIpc) is 3.26. The zero-order chi connectivity index (χ0) is 22.9. The highest BCUT2D eigenvalue weighted by Crippen LogP contribution is 2.34. The lowest BCUT2D eigenvalue weighted by Gasteiger charge is -2.16. The van der Waals surface area contributed by atoms with E-state index in [1.165, 1.54) is 0 Å². The van der Waals surface area contributed by atoms with Gasteiger partial charge < -0.3 is 14.5 Å². The number of halogens is 2. The summed E-state index contributed by atoms with van der Waals surface area (Å²) >= 11 is 12.1. The number of aromatic nitrogens is 1. The minimum absolute atomic E-state index is 0.334. The zero-order valence-corrected chi connectivity index (χ0v) is 19.0. The molecule has 0 fully saturated rings. The molecule has 1 amide bonds. The first-order valence-electron chi connectivity index (χ1n) is 10.3. The van der Waals surface area contributed by atoms with Gasteiger partial charge in [-0.1, -0.05) is 65.7 Å². The normalized spacial score (nSPS) is 12.1. The molecule has 5 aromatic rings. The molecule has 5 nitrogen and oxygen atoms in total. The Bertz CT molecular complexity index is 1500. The van der Waals surface area contributed by atoms with Crippen LogP contribution in [0.5, 0.6) is 5.75 Å². The summed E-state index contributed by atoms with van der Waals surface area (Å²) in [7, 11) is 0. The Morgan fingerprint density at radius 1 is 1.00 bits per heavy atom. The number of rotatable bonds is 5. The molecule has 1 aromatic heterocycles. The van der Waals surface area contributed by atoms with Crippen molar-refractivity contribution in [3.8, 4) is 17.2 Å². The van der Waals surface area contributed by atoms with Gasteiger partial charge in [-0.15, -0.1) is 0 Å². The maximum absolute atomic E-state index is 12.9. The molecular weight excluding hydrogens is 459 g/mol. The van der Waals surface area contributed by atoms with E-state index in [4.69, 9.17) is 32.4 Å². The van der Waals surface area contributed by atoms with Crippen LogP contribution in [0.15, 0.2) is 83.3 Å². The molecule has 0 saturated heterocycles. The van der Waals surface area contributed by atoms with Crippen LogP contribution in [0.1, 0.15) is 6.92 Å². The Labute approximate surface area is 199 Å². The molecule has 0 bridgehead atoms. The summed E-state index contributed by atoms with van der Waals surface area (Å²) in [5, 5.41) is 5.79. The number of ether oxygens (including phenoxy) is 1. The first-order valence-corrected chi connectivity index (χ1v) is 11.1. The molecule has 0 spiro atoms. The standard InChI is InChI=1S/C26H18Cl2N2O3/c1-15(32-23-13-11-17(27)14-20(23)28)25(31)29-21-9-5-4-8-19(21)26-30-22-12-10-16-6-2-3-7-18(16)24(22)33-26/h2-15H,1H3,(H,29,31). The molecule has 5 rings (SSSR count). The van der Waals surface area contributed by atoms with Gasteiger partial charge in [-0.05, 0) is 48.7 Å². The van der Waals surface area contributed by atoms with Crippen molar-refractivity contribution in [3.63, 3.8) is 0 Å². The highest BCUT2D eigenvalue weighted by atomic mass is 35.5. The topological polar surface area (TPSA) is 64.4 Å². The first-order chi connectivity index (χ1) is 16.0. The van der Waals surface area contributed by atoms with Gasteiger partial charge in [0, 0.05) is 10.4 Å². The number of fused-ring (bicyclic) bond motifs is 3. The van der Waals surface area contributed by atoms with Crippen LogP contribution in [0.2, 0.25) is 10.0 Å². The zero-order valence-electron chi connectivity index (χ0n) is 17.5. The first kappa shape index (κ1) is 21.3. The van der Waals surface area contributed by atoms with Gasteiger partial charge in [0.1, 0.15) is 11.3 Å². The fraction of sp³-hybridized carbons (Fsp3) is 0.0769. The Hall–Kier alpha value is -3.54. The van der Waals surface area contributed by atoms with Crippen molar-refractivity contribution in [2.24, 2.45) is 0 Å². The van der Waals surface area contributed by atoms with E-state index in [-0.39, 0.29) is 5.91 Å². The maximum Gasteiger partial charge on any atom is 0.265 e. The summed E-state index contributed by atoms with van der Waals surface area (Å²) in [6.07, 6.45) is -0.802. The SMILES string of the molecule is CC(Oc1ccc(Cl)cc1Cl)C(=O)Nc1ccccc1-c1nc2ccc3ccccc3c2o1. The number of nitrogens with zero attached hydrogens (tertiary/aromatic N) is 1. The molecule has 0 radical (unpaired) electrons. The number of para-hydroxylation sites is 1. The molecule has 0 aliphatic heterocycles. The number of hydrogen-bond donors (Lipinski definition) is 1. The molecule has 0 aliphatic rings. The number of carbonyl (C=O) groups is 1. The third-order valence-electron chi connectivity index (χ3n) is 5.26. The number of hydrogen-bond acceptors (Lipinski definition) is 4. The molecule has 1 atom stereocenters. The van der Waals surface area contributed by atoms with E-state index >= 15 is 0 Å². The predicted octanol–water partition coefficient (Wildman–Crippen LogP) is 7.36. The summed E-state index contributed by atoms with van der Waals surface area (Å²) < 4.78 is 11.9. The highest BCUT2D eigenvalue weighted by molar-refractivity contribution is 6.35. The second-order valence-electron chi connectivity index (χ2n) is 7.52. The number of oxazole rings is 1. The Balaban J connectivity index is 1.43. The fourth-order valence-electron chi connectivity index (χ4n) is 3.60. The van der Waals surface area contributed by atoms with Crippen LogP contribution >= 0.6 is 23.2 Å². The van der Waals surface area contributed by atoms with Gasteiger partial charge in [0.2, 0.25) is 5.89 Å². The number of anilines is 1. The third kappa shape index (κ3) is 4.25. The molecule has 0 aliphatic carbocycles. The van der Waals surface area contributed by atoms with Crippen LogP contribution in [0, 0.1) is 0 Å². The van der Waals surface area contributed by atoms with E-state index in [1.54, 1.807) is 31.2 Å². The lowest BCUT2D eigenvalue weighted by Crippen LogP contribution is -2.30. The summed E-state index contributed by atoms with van der Waals surface area (Å²) in [5.41, 5.74) is 2.69. The molecule has 1 unspecified atom stereocenters. The molecule has 1 heterocycles. The third-order valence-corrected chi connectivity index (χ3v) is 5.79. The number of nitrogens with one attached hydrogen (secondary N) is 1. The van der Waals surface area contributed by atoms with E-state index in [0.29, 0.717) is 38.5 Å². The Kier molecular flexibility index (Phi) is 5.67. The van der Waals surface area contributed by atoms with E-state index < -0.39 is 6.10 Å². The fourth-order valence-corrected chi connectivity index (χ4v) is 4.05. The predicted molar refractivity (Wildman–Crippen MR) is 132 cm³/mol. The van der Waals surface area contributed by atoms with Gasteiger partial charge in [0.25, 0.3) is 5.91 Å². The number of amides is 1. The Morgan fingerprint density at radius 3 is 2.64 bits per heavy atom. The van der Waals surface area contributed by atoms with Crippen molar-refractivity contribution >= 4 is 56.7 Å². The molecule has 0 saturated carbocycles. The molecule has 1 N–H and O–H groups in total. The summed E-state index contributed by atoms with van der Waals surface area (Å²) in [6, 6.07) is 24.1. The lowest BCUT2D eigenvalue weighted by atomic mass is 10.1. The van der Waals surface area contributed by atoms with Crippen molar-refractivity contribution in [3.05, 3.63) is 88.9 Å². The minimum Gasteiger partial charge on any atom is -0.479 e. The van der Waals surface area contributed by atoms with E-state index in [9.17, 15) is 4.79 Å². The van der Waals surface area contributed by atoms with Gasteiger partial charge in [0.05, 0.1) is 16.3 Å². The molecular formula is C26H18Cl2N2O3. The minimum atomic E-state index is -0.802. The van der Waals surface area contributed by atoms with E-state index in [0.717, 1.165) is 16.3 Å². The van der Waals surface area contributed by atoms with Crippen LogP contribution in [0.25, 0.3) is 33.3 Å². The van der Waals surface area contributed by atoms with Crippen LogP contribution in [0.4, 0.5) is 5.69 Å². The lowest BCUT2D eigenvalue weighted by molar-refractivity contribution is -0.122. The molecule has 4 aromatic carbocycles.